The first kappa shape index (κ1) is 17.4. The molecule has 0 saturated heterocycles. The number of benzene rings is 3. The predicted octanol–water partition coefficient (Wildman–Crippen LogP) is 4.64. The molecule has 130 valence electrons. The zero-order valence-corrected chi connectivity index (χ0v) is 14.1. The third-order valence-corrected chi connectivity index (χ3v) is 3.80. The fourth-order valence-corrected chi connectivity index (χ4v) is 2.50. The number of hydrogen-bond donors (Lipinski definition) is 2. The number of anilines is 2. The van der Waals surface area contributed by atoms with Gasteiger partial charge in [-0.25, -0.2) is 4.39 Å². The number of amides is 2. The highest BCUT2D eigenvalue weighted by molar-refractivity contribution is 6.12. The summed E-state index contributed by atoms with van der Waals surface area (Å²) < 4.78 is 13.0. The van der Waals surface area contributed by atoms with Gasteiger partial charge in [0.15, 0.2) is 0 Å². The standard InChI is InChI=1S/C21H17FN2O2/c1-14-5-4-6-15(13-14)20(25)24-19-8-3-2-7-18(19)21(26)23-17-11-9-16(22)10-12-17/h2-13H,1H3,(H,23,26)(H,24,25). The van der Waals surface area contributed by atoms with Crippen LogP contribution in [0.4, 0.5) is 15.8 Å². The molecule has 0 aliphatic carbocycles. The molecule has 2 amide bonds. The Hall–Kier alpha value is -3.47. The van der Waals surface area contributed by atoms with Crippen LogP contribution in [0.3, 0.4) is 0 Å². The maximum atomic E-state index is 13.0. The Bertz CT molecular complexity index is 952. The lowest BCUT2D eigenvalue weighted by Gasteiger charge is -2.12. The summed E-state index contributed by atoms with van der Waals surface area (Å²) in [4.78, 5) is 25.0. The van der Waals surface area contributed by atoms with Crippen molar-refractivity contribution in [3.63, 3.8) is 0 Å². The number of para-hydroxylation sites is 1. The molecule has 2 N–H and O–H groups in total. The Morgan fingerprint density at radius 3 is 2.27 bits per heavy atom. The van der Waals surface area contributed by atoms with E-state index in [0.29, 0.717) is 22.5 Å². The summed E-state index contributed by atoms with van der Waals surface area (Å²) >= 11 is 0. The van der Waals surface area contributed by atoms with Crippen LogP contribution in [0.2, 0.25) is 0 Å². The molecule has 0 spiro atoms. The highest BCUT2D eigenvalue weighted by atomic mass is 19.1. The van der Waals surface area contributed by atoms with E-state index in [0.717, 1.165) is 5.56 Å². The van der Waals surface area contributed by atoms with Crippen molar-refractivity contribution in [2.24, 2.45) is 0 Å². The molecule has 3 aromatic carbocycles. The van der Waals surface area contributed by atoms with E-state index in [2.05, 4.69) is 10.6 Å². The van der Waals surface area contributed by atoms with Crippen molar-refractivity contribution in [1.29, 1.82) is 0 Å². The summed E-state index contributed by atoms with van der Waals surface area (Å²) in [7, 11) is 0. The summed E-state index contributed by atoms with van der Waals surface area (Å²) in [5.74, 6) is -1.07. The quantitative estimate of drug-likeness (QED) is 0.722. The lowest BCUT2D eigenvalue weighted by Crippen LogP contribution is -2.18. The van der Waals surface area contributed by atoms with Crippen LogP contribution in [0.1, 0.15) is 26.3 Å². The molecule has 0 atom stereocenters. The minimum atomic E-state index is -0.392. The van der Waals surface area contributed by atoms with E-state index < -0.39 is 5.91 Å². The summed E-state index contributed by atoms with van der Waals surface area (Å²) in [5, 5.41) is 5.46. The fourth-order valence-electron chi connectivity index (χ4n) is 2.50. The maximum absolute atomic E-state index is 13.0. The Labute approximate surface area is 150 Å². The van der Waals surface area contributed by atoms with Crippen LogP contribution in [-0.4, -0.2) is 11.8 Å². The first-order chi connectivity index (χ1) is 12.5. The summed E-state index contributed by atoms with van der Waals surface area (Å²) in [6.07, 6.45) is 0. The van der Waals surface area contributed by atoms with Crippen molar-refractivity contribution in [3.05, 3.63) is 95.3 Å². The van der Waals surface area contributed by atoms with E-state index in [9.17, 15) is 14.0 Å². The third kappa shape index (κ3) is 4.13. The number of carbonyl (C=O) groups is 2. The molecular weight excluding hydrogens is 331 g/mol. The smallest absolute Gasteiger partial charge is 0.257 e. The molecule has 3 rings (SSSR count). The van der Waals surface area contributed by atoms with Crippen molar-refractivity contribution in [3.8, 4) is 0 Å². The van der Waals surface area contributed by atoms with Crippen LogP contribution >= 0.6 is 0 Å². The fraction of sp³-hybridized carbons (Fsp3) is 0.0476. The molecule has 0 heterocycles. The molecule has 0 fully saturated rings. The molecule has 0 aliphatic heterocycles. The molecule has 0 aromatic heterocycles. The molecule has 0 aliphatic rings. The Morgan fingerprint density at radius 1 is 0.808 bits per heavy atom. The van der Waals surface area contributed by atoms with Crippen LogP contribution in [-0.2, 0) is 0 Å². The Morgan fingerprint density at radius 2 is 1.54 bits per heavy atom. The second-order valence-electron chi connectivity index (χ2n) is 5.83. The van der Waals surface area contributed by atoms with Crippen LogP contribution in [0.25, 0.3) is 0 Å². The minimum absolute atomic E-state index is 0.296. The normalized spacial score (nSPS) is 10.2. The summed E-state index contributed by atoms with van der Waals surface area (Å²) in [6, 6.07) is 19.4. The lowest BCUT2D eigenvalue weighted by atomic mass is 10.1. The average Bonchev–Trinajstić information content (AvgIpc) is 2.64. The lowest BCUT2D eigenvalue weighted by molar-refractivity contribution is 0.102. The van der Waals surface area contributed by atoms with E-state index in [1.165, 1.54) is 24.3 Å². The Kier molecular flexibility index (Phi) is 5.08. The van der Waals surface area contributed by atoms with Gasteiger partial charge >= 0.3 is 0 Å². The van der Waals surface area contributed by atoms with Crippen molar-refractivity contribution >= 4 is 23.2 Å². The molecule has 3 aromatic rings. The molecular formula is C21H17FN2O2. The van der Waals surface area contributed by atoms with Crippen molar-refractivity contribution in [2.45, 2.75) is 6.92 Å². The predicted molar refractivity (Wildman–Crippen MR) is 99.9 cm³/mol. The molecule has 0 bridgehead atoms. The van der Waals surface area contributed by atoms with Gasteiger partial charge in [0, 0.05) is 11.3 Å². The van der Waals surface area contributed by atoms with Gasteiger partial charge in [-0.2, -0.15) is 0 Å². The van der Waals surface area contributed by atoms with Gasteiger partial charge in [-0.15, -0.1) is 0 Å². The van der Waals surface area contributed by atoms with Gasteiger partial charge in [-0.05, 0) is 55.5 Å². The molecule has 26 heavy (non-hydrogen) atoms. The van der Waals surface area contributed by atoms with Crippen molar-refractivity contribution < 1.29 is 14.0 Å². The van der Waals surface area contributed by atoms with Gasteiger partial charge in [-0.1, -0.05) is 29.8 Å². The van der Waals surface area contributed by atoms with Crippen LogP contribution < -0.4 is 10.6 Å². The number of nitrogens with one attached hydrogen (secondary N) is 2. The molecule has 5 heteroatoms. The number of hydrogen-bond acceptors (Lipinski definition) is 2. The van der Waals surface area contributed by atoms with E-state index in [4.69, 9.17) is 0 Å². The zero-order chi connectivity index (χ0) is 18.5. The molecule has 0 saturated carbocycles. The molecule has 4 nitrogen and oxygen atoms in total. The number of carbonyl (C=O) groups excluding carboxylic acids is 2. The SMILES string of the molecule is Cc1cccc(C(=O)Nc2ccccc2C(=O)Nc2ccc(F)cc2)c1. The largest absolute Gasteiger partial charge is 0.322 e. The van der Waals surface area contributed by atoms with E-state index in [1.807, 2.05) is 13.0 Å². The van der Waals surface area contributed by atoms with Gasteiger partial charge in [0.1, 0.15) is 5.82 Å². The first-order valence-electron chi connectivity index (χ1n) is 8.07. The zero-order valence-electron chi connectivity index (χ0n) is 14.1. The van der Waals surface area contributed by atoms with Gasteiger partial charge in [0.25, 0.3) is 11.8 Å². The van der Waals surface area contributed by atoms with Crippen molar-refractivity contribution in [1.82, 2.24) is 0 Å². The summed E-state index contributed by atoms with van der Waals surface area (Å²) in [5.41, 5.74) is 2.67. The number of aryl methyl sites for hydroxylation is 1. The highest BCUT2D eigenvalue weighted by Crippen LogP contribution is 2.19. The van der Waals surface area contributed by atoms with Gasteiger partial charge < -0.3 is 10.6 Å². The van der Waals surface area contributed by atoms with Gasteiger partial charge in [-0.3, -0.25) is 9.59 Å². The van der Waals surface area contributed by atoms with E-state index in [-0.39, 0.29) is 11.7 Å². The Balaban J connectivity index is 1.80. The maximum Gasteiger partial charge on any atom is 0.257 e. The van der Waals surface area contributed by atoms with Gasteiger partial charge in [0.05, 0.1) is 11.3 Å². The third-order valence-electron chi connectivity index (χ3n) is 3.80. The number of halogens is 1. The minimum Gasteiger partial charge on any atom is -0.322 e. The van der Waals surface area contributed by atoms with Crippen LogP contribution in [0, 0.1) is 12.7 Å². The number of rotatable bonds is 4. The van der Waals surface area contributed by atoms with E-state index >= 15 is 0 Å². The second-order valence-corrected chi connectivity index (χ2v) is 5.83. The molecule has 0 radical (unpaired) electrons. The monoisotopic (exact) mass is 348 g/mol. The topological polar surface area (TPSA) is 58.2 Å². The van der Waals surface area contributed by atoms with Crippen LogP contribution in [0.15, 0.2) is 72.8 Å². The first-order valence-corrected chi connectivity index (χ1v) is 8.07. The average molecular weight is 348 g/mol. The molecule has 0 unspecified atom stereocenters. The highest BCUT2D eigenvalue weighted by Gasteiger charge is 2.14. The second kappa shape index (κ2) is 7.61. The summed E-state index contributed by atoms with van der Waals surface area (Å²) in [6.45, 7) is 1.90. The van der Waals surface area contributed by atoms with E-state index in [1.54, 1.807) is 42.5 Å². The van der Waals surface area contributed by atoms with Gasteiger partial charge in [0.2, 0.25) is 0 Å². The van der Waals surface area contributed by atoms with Crippen LogP contribution in [0.5, 0.6) is 0 Å². The van der Waals surface area contributed by atoms with Crippen molar-refractivity contribution in [2.75, 3.05) is 10.6 Å².